The molecule has 0 fully saturated rings. The summed E-state index contributed by atoms with van der Waals surface area (Å²) in [4.78, 5) is 0. The van der Waals surface area contributed by atoms with E-state index >= 15 is 0 Å². The number of aliphatic hydroxyl groups is 1. The van der Waals surface area contributed by atoms with Crippen LogP contribution in [0.1, 0.15) is 18.6 Å². The molecule has 1 aromatic rings. The lowest BCUT2D eigenvalue weighted by molar-refractivity contribution is 0.193. The van der Waals surface area contributed by atoms with Crippen molar-refractivity contribution in [1.29, 1.82) is 0 Å². The zero-order chi connectivity index (χ0) is 10.7. The summed E-state index contributed by atoms with van der Waals surface area (Å²) in [5, 5.41) is 9.52. The van der Waals surface area contributed by atoms with Crippen LogP contribution in [0.5, 0.6) is 11.5 Å². The van der Waals surface area contributed by atoms with E-state index in [2.05, 4.69) is 15.9 Å². The number of halogens is 1. The monoisotopic (exact) mass is 260 g/mol. The topological polar surface area (TPSA) is 38.7 Å². The van der Waals surface area contributed by atoms with Gasteiger partial charge in [-0.15, -0.1) is 0 Å². The van der Waals surface area contributed by atoms with E-state index in [9.17, 15) is 5.11 Å². The van der Waals surface area contributed by atoms with Crippen LogP contribution >= 0.6 is 15.9 Å². The predicted octanol–water partition coefficient (Wildman–Crippen LogP) is 2.52. The summed E-state index contributed by atoms with van der Waals surface area (Å²) in [6.45, 7) is 1.68. The fourth-order valence-electron chi connectivity index (χ4n) is 1.27. The Balaban J connectivity index is 3.31. The molecule has 0 aliphatic heterocycles. The van der Waals surface area contributed by atoms with Gasteiger partial charge in [0.15, 0.2) is 11.5 Å². The van der Waals surface area contributed by atoms with E-state index in [4.69, 9.17) is 9.47 Å². The maximum absolute atomic E-state index is 9.52. The van der Waals surface area contributed by atoms with Crippen LogP contribution in [0.3, 0.4) is 0 Å². The Hall–Kier alpha value is -0.740. The standard InChI is InChI=1S/C10H13BrO3/c1-6(12)8-4-7(11)5-9(13-2)10(8)14-3/h4-6,12H,1-3H3. The Labute approximate surface area is 91.8 Å². The van der Waals surface area contributed by atoms with Crippen molar-refractivity contribution in [3.63, 3.8) is 0 Å². The van der Waals surface area contributed by atoms with Gasteiger partial charge in [0.25, 0.3) is 0 Å². The Morgan fingerprint density at radius 1 is 1.29 bits per heavy atom. The number of methoxy groups -OCH3 is 2. The van der Waals surface area contributed by atoms with Crippen molar-refractivity contribution in [2.75, 3.05) is 14.2 Å². The SMILES string of the molecule is COc1cc(Br)cc(C(C)O)c1OC. The van der Waals surface area contributed by atoms with Crippen LogP contribution in [0.2, 0.25) is 0 Å². The van der Waals surface area contributed by atoms with Crippen molar-refractivity contribution in [2.24, 2.45) is 0 Å². The molecule has 1 N–H and O–H groups in total. The van der Waals surface area contributed by atoms with Gasteiger partial charge in [-0.05, 0) is 19.1 Å². The van der Waals surface area contributed by atoms with E-state index < -0.39 is 6.10 Å². The molecule has 1 unspecified atom stereocenters. The number of hydrogen-bond donors (Lipinski definition) is 1. The number of hydrogen-bond acceptors (Lipinski definition) is 3. The largest absolute Gasteiger partial charge is 0.493 e. The predicted molar refractivity (Wildman–Crippen MR) is 57.9 cm³/mol. The summed E-state index contributed by atoms with van der Waals surface area (Å²) in [5.41, 5.74) is 0.707. The van der Waals surface area contributed by atoms with Crippen LogP contribution in [0.25, 0.3) is 0 Å². The highest BCUT2D eigenvalue weighted by atomic mass is 79.9. The number of rotatable bonds is 3. The zero-order valence-corrected chi connectivity index (χ0v) is 9.96. The van der Waals surface area contributed by atoms with E-state index in [1.54, 1.807) is 27.2 Å². The molecular formula is C10H13BrO3. The van der Waals surface area contributed by atoms with E-state index in [1.165, 1.54) is 0 Å². The lowest BCUT2D eigenvalue weighted by atomic mass is 10.1. The summed E-state index contributed by atoms with van der Waals surface area (Å²) in [5.74, 6) is 1.18. The van der Waals surface area contributed by atoms with Gasteiger partial charge >= 0.3 is 0 Å². The highest BCUT2D eigenvalue weighted by Crippen LogP contribution is 2.37. The third kappa shape index (κ3) is 2.19. The number of ether oxygens (including phenoxy) is 2. The van der Waals surface area contributed by atoms with Crippen LogP contribution in [0.15, 0.2) is 16.6 Å². The Bertz CT molecular complexity index is 323. The van der Waals surface area contributed by atoms with Gasteiger partial charge in [0.1, 0.15) is 0 Å². The summed E-state index contributed by atoms with van der Waals surface area (Å²) in [6, 6.07) is 3.61. The van der Waals surface area contributed by atoms with Crippen LogP contribution in [0, 0.1) is 0 Å². The maximum atomic E-state index is 9.52. The van der Waals surface area contributed by atoms with Gasteiger partial charge < -0.3 is 14.6 Å². The number of aliphatic hydroxyl groups excluding tert-OH is 1. The van der Waals surface area contributed by atoms with Crippen molar-refractivity contribution in [3.8, 4) is 11.5 Å². The molecule has 0 aliphatic carbocycles. The van der Waals surface area contributed by atoms with Crippen molar-refractivity contribution in [1.82, 2.24) is 0 Å². The van der Waals surface area contributed by atoms with Crippen molar-refractivity contribution < 1.29 is 14.6 Å². The summed E-state index contributed by atoms with van der Waals surface area (Å²) in [6.07, 6.45) is -0.587. The molecule has 14 heavy (non-hydrogen) atoms. The summed E-state index contributed by atoms with van der Waals surface area (Å²) in [7, 11) is 3.12. The second-order valence-electron chi connectivity index (χ2n) is 2.91. The third-order valence-corrected chi connectivity index (χ3v) is 2.38. The molecule has 0 bridgehead atoms. The number of benzene rings is 1. The van der Waals surface area contributed by atoms with Crippen molar-refractivity contribution in [2.45, 2.75) is 13.0 Å². The normalized spacial score (nSPS) is 12.4. The van der Waals surface area contributed by atoms with Gasteiger partial charge in [0, 0.05) is 10.0 Å². The van der Waals surface area contributed by atoms with Gasteiger partial charge in [-0.2, -0.15) is 0 Å². The molecule has 0 aromatic heterocycles. The average Bonchev–Trinajstić information content (AvgIpc) is 2.16. The van der Waals surface area contributed by atoms with Crippen LogP contribution in [-0.4, -0.2) is 19.3 Å². The minimum atomic E-state index is -0.587. The maximum Gasteiger partial charge on any atom is 0.166 e. The van der Waals surface area contributed by atoms with E-state index in [0.717, 1.165) is 4.47 Å². The first-order valence-electron chi connectivity index (χ1n) is 4.19. The van der Waals surface area contributed by atoms with E-state index in [0.29, 0.717) is 17.1 Å². The molecular weight excluding hydrogens is 248 g/mol. The minimum absolute atomic E-state index is 0.575. The molecule has 1 aromatic carbocycles. The first-order valence-corrected chi connectivity index (χ1v) is 4.99. The van der Waals surface area contributed by atoms with Gasteiger partial charge in [0.05, 0.1) is 20.3 Å². The second-order valence-corrected chi connectivity index (χ2v) is 3.82. The van der Waals surface area contributed by atoms with Crippen LogP contribution in [0.4, 0.5) is 0 Å². The first kappa shape index (κ1) is 11.3. The van der Waals surface area contributed by atoms with Crippen molar-refractivity contribution >= 4 is 15.9 Å². The van der Waals surface area contributed by atoms with Gasteiger partial charge in [-0.1, -0.05) is 15.9 Å². The molecule has 1 rings (SSSR count). The molecule has 78 valence electrons. The van der Waals surface area contributed by atoms with Crippen LogP contribution in [-0.2, 0) is 0 Å². The molecule has 3 nitrogen and oxygen atoms in total. The van der Waals surface area contributed by atoms with Crippen molar-refractivity contribution in [3.05, 3.63) is 22.2 Å². The molecule has 1 atom stereocenters. The molecule has 0 saturated carbocycles. The Kier molecular flexibility index (Phi) is 3.77. The summed E-state index contributed by atoms with van der Waals surface area (Å²) < 4.78 is 11.2. The second kappa shape index (κ2) is 4.66. The average molecular weight is 261 g/mol. The minimum Gasteiger partial charge on any atom is -0.493 e. The zero-order valence-electron chi connectivity index (χ0n) is 8.37. The van der Waals surface area contributed by atoms with E-state index in [1.807, 2.05) is 6.07 Å². The first-order chi connectivity index (χ1) is 6.60. The molecule has 0 heterocycles. The summed E-state index contributed by atoms with van der Waals surface area (Å²) >= 11 is 3.34. The molecule has 4 heteroatoms. The lowest BCUT2D eigenvalue weighted by Crippen LogP contribution is -1.99. The molecule has 0 radical (unpaired) electrons. The smallest absolute Gasteiger partial charge is 0.166 e. The van der Waals surface area contributed by atoms with Gasteiger partial charge in [-0.25, -0.2) is 0 Å². The molecule has 0 amide bonds. The fourth-order valence-corrected chi connectivity index (χ4v) is 1.72. The Morgan fingerprint density at radius 2 is 1.93 bits per heavy atom. The lowest BCUT2D eigenvalue weighted by Gasteiger charge is -2.15. The van der Waals surface area contributed by atoms with Gasteiger partial charge in [0.2, 0.25) is 0 Å². The quantitative estimate of drug-likeness (QED) is 0.908. The molecule has 0 aliphatic rings. The Morgan fingerprint density at radius 3 is 2.36 bits per heavy atom. The highest BCUT2D eigenvalue weighted by molar-refractivity contribution is 9.10. The van der Waals surface area contributed by atoms with E-state index in [-0.39, 0.29) is 0 Å². The molecule has 0 saturated heterocycles. The highest BCUT2D eigenvalue weighted by Gasteiger charge is 2.14. The molecule has 0 spiro atoms. The third-order valence-electron chi connectivity index (χ3n) is 1.92. The van der Waals surface area contributed by atoms with Crippen LogP contribution < -0.4 is 9.47 Å². The van der Waals surface area contributed by atoms with Gasteiger partial charge in [-0.3, -0.25) is 0 Å². The fraction of sp³-hybridized carbons (Fsp3) is 0.400.